The van der Waals surface area contributed by atoms with E-state index in [0.29, 0.717) is 0 Å². The number of ether oxygens (including phenoxy) is 1. The van der Waals surface area contributed by atoms with E-state index in [4.69, 9.17) is 4.74 Å². The summed E-state index contributed by atoms with van der Waals surface area (Å²) in [6.07, 6.45) is 0.877. The third-order valence-electron chi connectivity index (χ3n) is 3.79. The van der Waals surface area contributed by atoms with Crippen molar-refractivity contribution in [1.82, 2.24) is 10.6 Å². The number of hydrogen-bond donors (Lipinski definition) is 2. The van der Waals surface area contributed by atoms with Crippen LogP contribution in [0.2, 0.25) is 0 Å². The lowest BCUT2D eigenvalue weighted by Gasteiger charge is -2.18. The van der Waals surface area contributed by atoms with E-state index < -0.39 is 0 Å². The quantitative estimate of drug-likeness (QED) is 0.792. The molecule has 0 saturated carbocycles. The number of rotatable bonds is 6. The van der Waals surface area contributed by atoms with Crippen molar-refractivity contribution < 1.29 is 9.53 Å². The molecule has 116 valence electrons. The van der Waals surface area contributed by atoms with Crippen LogP contribution in [0.1, 0.15) is 31.9 Å². The van der Waals surface area contributed by atoms with Gasteiger partial charge in [0.15, 0.2) is 0 Å². The highest BCUT2D eigenvalue weighted by molar-refractivity contribution is 7.99. The first-order valence-corrected chi connectivity index (χ1v) is 8.42. The molecule has 1 aliphatic heterocycles. The summed E-state index contributed by atoms with van der Waals surface area (Å²) in [4.78, 5) is 13.5. The van der Waals surface area contributed by atoms with E-state index in [1.54, 1.807) is 7.11 Å². The maximum atomic E-state index is 12.2. The van der Waals surface area contributed by atoms with E-state index in [1.807, 2.05) is 18.7 Å². The van der Waals surface area contributed by atoms with Crippen molar-refractivity contribution in [2.24, 2.45) is 0 Å². The average molecular weight is 308 g/mol. The molecule has 0 aliphatic carbocycles. The lowest BCUT2D eigenvalue weighted by molar-refractivity contribution is -0.123. The van der Waals surface area contributed by atoms with E-state index in [-0.39, 0.29) is 24.1 Å². The van der Waals surface area contributed by atoms with E-state index in [9.17, 15) is 4.79 Å². The van der Waals surface area contributed by atoms with E-state index in [1.165, 1.54) is 4.90 Å². The number of hydrogen-bond acceptors (Lipinski definition) is 4. The van der Waals surface area contributed by atoms with Gasteiger partial charge in [0.1, 0.15) is 0 Å². The normalized spacial score (nSPS) is 23.0. The van der Waals surface area contributed by atoms with E-state index in [2.05, 4.69) is 41.8 Å². The van der Waals surface area contributed by atoms with Crippen LogP contribution in [0.3, 0.4) is 0 Å². The minimum absolute atomic E-state index is 0.0153. The van der Waals surface area contributed by atoms with Crippen molar-refractivity contribution in [2.45, 2.75) is 43.4 Å². The SMILES string of the molecule is CCSc1ccc([C@@H](C)NC(=O)[C@H]2C[C@H](OC)CN2)cc1. The highest BCUT2D eigenvalue weighted by Crippen LogP contribution is 2.21. The predicted molar refractivity (Wildman–Crippen MR) is 86.6 cm³/mol. The maximum absolute atomic E-state index is 12.2. The first-order chi connectivity index (χ1) is 10.1. The van der Waals surface area contributed by atoms with Gasteiger partial charge in [-0.3, -0.25) is 4.79 Å². The zero-order valence-electron chi connectivity index (χ0n) is 12.9. The molecule has 0 aromatic heterocycles. The molecule has 1 aliphatic rings. The first-order valence-electron chi connectivity index (χ1n) is 7.43. The topological polar surface area (TPSA) is 50.4 Å². The Morgan fingerprint density at radius 2 is 2.19 bits per heavy atom. The zero-order valence-corrected chi connectivity index (χ0v) is 13.7. The molecular formula is C16H24N2O2S. The van der Waals surface area contributed by atoms with Gasteiger partial charge in [-0.05, 0) is 36.8 Å². The van der Waals surface area contributed by atoms with Gasteiger partial charge < -0.3 is 15.4 Å². The fourth-order valence-corrected chi connectivity index (χ4v) is 3.16. The van der Waals surface area contributed by atoms with Gasteiger partial charge >= 0.3 is 0 Å². The van der Waals surface area contributed by atoms with Crippen molar-refractivity contribution in [3.8, 4) is 0 Å². The smallest absolute Gasteiger partial charge is 0.237 e. The van der Waals surface area contributed by atoms with Crippen molar-refractivity contribution in [3.05, 3.63) is 29.8 Å². The Morgan fingerprint density at radius 1 is 1.48 bits per heavy atom. The van der Waals surface area contributed by atoms with Gasteiger partial charge in [0, 0.05) is 18.6 Å². The molecule has 5 heteroatoms. The third-order valence-corrected chi connectivity index (χ3v) is 4.68. The molecule has 1 heterocycles. The largest absolute Gasteiger partial charge is 0.380 e. The number of thioether (sulfide) groups is 1. The molecule has 2 N–H and O–H groups in total. The summed E-state index contributed by atoms with van der Waals surface area (Å²) in [5, 5.41) is 6.27. The van der Waals surface area contributed by atoms with Gasteiger partial charge in [0.05, 0.1) is 18.2 Å². The second-order valence-corrected chi connectivity index (χ2v) is 6.62. The summed E-state index contributed by atoms with van der Waals surface area (Å²) in [7, 11) is 1.69. The monoisotopic (exact) mass is 308 g/mol. The Bertz CT molecular complexity index is 464. The number of carbonyl (C=O) groups excluding carboxylic acids is 1. The first kappa shape index (κ1) is 16.3. The lowest BCUT2D eigenvalue weighted by atomic mass is 10.1. The van der Waals surface area contributed by atoms with Gasteiger partial charge in [0.2, 0.25) is 5.91 Å². The maximum Gasteiger partial charge on any atom is 0.237 e. The molecular weight excluding hydrogens is 284 g/mol. The van der Waals surface area contributed by atoms with E-state index in [0.717, 1.165) is 24.3 Å². The molecule has 0 unspecified atom stereocenters. The van der Waals surface area contributed by atoms with Crippen LogP contribution in [0, 0.1) is 0 Å². The number of amides is 1. The molecule has 1 saturated heterocycles. The van der Waals surface area contributed by atoms with Gasteiger partial charge in [0.25, 0.3) is 0 Å². The lowest BCUT2D eigenvalue weighted by Crippen LogP contribution is -2.41. The molecule has 3 atom stereocenters. The minimum atomic E-state index is -0.146. The average Bonchev–Trinajstić information content (AvgIpc) is 2.97. The highest BCUT2D eigenvalue weighted by Gasteiger charge is 2.29. The second-order valence-electron chi connectivity index (χ2n) is 5.29. The van der Waals surface area contributed by atoms with Crippen molar-refractivity contribution >= 4 is 17.7 Å². The molecule has 1 amide bonds. The molecule has 4 nitrogen and oxygen atoms in total. The van der Waals surface area contributed by atoms with Crippen LogP contribution in [0.25, 0.3) is 0 Å². The van der Waals surface area contributed by atoms with Crippen molar-refractivity contribution in [1.29, 1.82) is 0 Å². The summed E-state index contributed by atoms with van der Waals surface area (Å²) < 4.78 is 5.27. The molecule has 1 aromatic carbocycles. The molecule has 0 spiro atoms. The van der Waals surface area contributed by atoms with Crippen LogP contribution in [-0.2, 0) is 9.53 Å². The number of benzene rings is 1. The zero-order chi connectivity index (χ0) is 15.2. The summed E-state index contributed by atoms with van der Waals surface area (Å²) in [6, 6.07) is 8.27. The summed E-state index contributed by atoms with van der Waals surface area (Å²) in [5.41, 5.74) is 1.13. The Morgan fingerprint density at radius 3 is 2.76 bits per heavy atom. The van der Waals surface area contributed by atoms with Crippen LogP contribution in [0.5, 0.6) is 0 Å². The van der Waals surface area contributed by atoms with Gasteiger partial charge in [-0.2, -0.15) is 0 Å². The third kappa shape index (κ3) is 4.46. The van der Waals surface area contributed by atoms with E-state index >= 15 is 0 Å². The molecule has 0 bridgehead atoms. The highest BCUT2D eigenvalue weighted by atomic mass is 32.2. The fourth-order valence-electron chi connectivity index (χ4n) is 2.50. The van der Waals surface area contributed by atoms with Gasteiger partial charge in [-0.25, -0.2) is 0 Å². The van der Waals surface area contributed by atoms with Crippen molar-refractivity contribution in [2.75, 3.05) is 19.4 Å². The van der Waals surface area contributed by atoms with Crippen LogP contribution >= 0.6 is 11.8 Å². The predicted octanol–water partition coefficient (Wildman–Crippen LogP) is 2.35. The molecule has 1 aromatic rings. The Kier molecular flexibility index (Phi) is 6.08. The molecule has 1 fully saturated rings. The summed E-state index contributed by atoms with van der Waals surface area (Å²) in [6.45, 7) is 4.90. The fraction of sp³-hybridized carbons (Fsp3) is 0.562. The number of nitrogens with one attached hydrogen (secondary N) is 2. The number of carbonyl (C=O) groups is 1. The van der Waals surface area contributed by atoms with Crippen molar-refractivity contribution in [3.63, 3.8) is 0 Å². The van der Waals surface area contributed by atoms with Crippen LogP contribution in [0.15, 0.2) is 29.2 Å². The van der Waals surface area contributed by atoms with Gasteiger partial charge in [-0.1, -0.05) is 19.1 Å². The molecule has 0 radical (unpaired) electrons. The molecule has 21 heavy (non-hydrogen) atoms. The van der Waals surface area contributed by atoms with Crippen LogP contribution < -0.4 is 10.6 Å². The second kappa shape index (κ2) is 7.82. The molecule has 2 rings (SSSR count). The standard InChI is InChI=1S/C16H24N2O2S/c1-4-21-14-7-5-12(6-8-14)11(2)18-16(19)15-9-13(20-3)10-17-15/h5-8,11,13,15,17H,4,9-10H2,1-3H3,(H,18,19)/t11-,13+,15-/m1/s1. The Labute approximate surface area is 131 Å². The van der Waals surface area contributed by atoms with Crippen LogP contribution in [0.4, 0.5) is 0 Å². The Hall–Kier alpha value is -1.04. The summed E-state index contributed by atoms with van der Waals surface area (Å²) >= 11 is 1.82. The Balaban J connectivity index is 1.88. The summed E-state index contributed by atoms with van der Waals surface area (Å²) in [5.74, 6) is 1.12. The minimum Gasteiger partial charge on any atom is -0.380 e. The van der Waals surface area contributed by atoms with Crippen LogP contribution in [-0.4, -0.2) is 37.5 Å². The van der Waals surface area contributed by atoms with Gasteiger partial charge in [-0.15, -0.1) is 11.8 Å². The number of methoxy groups -OCH3 is 1.